The first-order valence-corrected chi connectivity index (χ1v) is 8.34. The number of nitrogens with one attached hydrogen (secondary N) is 1. The standard InChI is InChI=1S/C20H20ClNO3.ClH/c1-23-18-6-4-3-5-15(18)12-22-13-16-8-10-19(25-16)14-7-9-20(24-2)17(21)11-14;/h3-11,22H,12-13H2,1-2H3;1H. The number of ether oxygens (including phenoxy) is 2. The van der Waals surface area contributed by atoms with Crippen molar-refractivity contribution < 1.29 is 13.9 Å². The summed E-state index contributed by atoms with van der Waals surface area (Å²) in [4.78, 5) is 0. The molecule has 3 rings (SSSR count). The number of hydrogen-bond donors (Lipinski definition) is 1. The maximum Gasteiger partial charge on any atom is 0.137 e. The van der Waals surface area contributed by atoms with Crippen molar-refractivity contribution in [1.29, 1.82) is 0 Å². The van der Waals surface area contributed by atoms with E-state index in [1.807, 2.05) is 54.6 Å². The van der Waals surface area contributed by atoms with Crippen LogP contribution >= 0.6 is 24.0 Å². The van der Waals surface area contributed by atoms with Crippen LogP contribution in [0.5, 0.6) is 11.5 Å². The lowest BCUT2D eigenvalue weighted by Gasteiger charge is -2.08. The molecule has 0 aliphatic rings. The van der Waals surface area contributed by atoms with Crippen LogP contribution in [0.15, 0.2) is 59.0 Å². The van der Waals surface area contributed by atoms with Gasteiger partial charge in [-0.3, -0.25) is 0 Å². The van der Waals surface area contributed by atoms with Gasteiger partial charge in [-0.2, -0.15) is 0 Å². The van der Waals surface area contributed by atoms with E-state index in [0.29, 0.717) is 23.9 Å². The molecular formula is C20H21Cl2NO3. The zero-order valence-corrected chi connectivity index (χ0v) is 16.2. The van der Waals surface area contributed by atoms with E-state index >= 15 is 0 Å². The molecule has 1 aromatic heterocycles. The van der Waals surface area contributed by atoms with E-state index < -0.39 is 0 Å². The van der Waals surface area contributed by atoms with Gasteiger partial charge in [-0.25, -0.2) is 0 Å². The fourth-order valence-electron chi connectivity index (χ4n) is 2.62. The first-order chi connectivity index (χ1) is 12.2. The van der Waals surface area contributed by atoms with Crippen LogP contribution in [0, 0.1) is 0 Å². The Kier molecular flexibility index (Phi) is 7.39. The minimum Gasteiger partial charge on any atom is -0.496 e. The van der Waals surface area contributed by atoms with Crippen LogP contribution in [-0.4, -0.2) is 14.2 Å². The Balaban J connectivity index is 0.00000243. The molecule has 1 N–H and O–H groups in total. The van der Waals surface area contributed by atoms with Gasteiger partial charge in [0, 0.05) is 17.7 Å². The van der Waals surface area contributed by atoms with Crippen molar-refractivity contribution in [1.82, 2.24) is 5.32 Å². The van der Waals surface area contributed by atoms with E-state index in [9.17, 15) is 0 Å². The van der Waals surface area contributed by atoms with Gasteiger partial charge in [0.2, 0.25) is 0 Å². The molecule has 6 heteroatoms. The van der Waals surface area contributed by atoms with E-state index in [2.05, 4.69) is 5.32 Å². The summed E-state index contributed by atoms with van der Waals surface area (Å²) in [6.07, 6.45) is 0. The van der Waals surface area contributed by atoms with Crippen molar-refractivity contribution in [2.45, 2.75) is 13.1 Å². The highest BCUT2D eigenvalue weighted by atomic mass is 35.5. The average Bonchev–Trinajstić information content (AvgIpc) is 3.11. The van der Waals surface area contributed by atoms with Gasteiger partial charge >= 0.3 is 0 Å². The second-order valence-electron chi connectivity index (χ2n) is 5.53. The molecule has 2 aromatic carbocycles. The van der Waals surface area contributed by atoms with Gasteiger partial charge in [0.15, 0.2) is 0 Å². The third-order valence-electron chi connectivity index (χ3n) is 3.91. The average molecular weight is 394 g/mol. The maximum atomic E-state index is 6.18. The van der Waals surface area contributed by atoms with E-state index in [1.54, 1.807) is 14.2 Å². The van der Waals surface area contributed by atoms with Gasteiger partial charge < -0.3 is 19.2 Å². The summed E-state index contributed by atoms with van der Waals surface area (Å²) in [7, 11) is 3.27. The molecular weight excluding hydrogens is 373 g/mol. The highest BCUT2D eigenvalue weighted by Crippen LogP contribution is 2.31. The fraction of sp³-hybridized carbons (Fsp3) is 0.200. The zero-order valence-electron chi connectivity index (χ0n) is 14.6. The van der Waals surface area contributed by atoms with Crippen LogP contribution in [0.25, 0.3) is 11.3 Å². The van der Waals surface area contributed by atoms with Crippen molar-refractivity contribution in [2.24, 2.45) is 0 Å². The van der Waals surface area contributed by atoms with Crippen molar-refractivity contribution in [2.75, 3.05) is 14.2 Å². The third kappa shape index (κ3) is 4.73. The van der Waals surface area contributed by atoms with E-state index in [1.165, 1.54) is 0 Å². The van der Waals surface area contributed by atoms with Crippen LogP contribution in [0.3, 0.4) is 0 Å². The molecule has 0 saturated carbocycles. The van der Waals surface area contributed by atoms with Crippen molar-refractivity contribution in [3.63, 3.8) is 0 Å². The molecule has 26 heavy (non-hydrogen) atoms. The largest absolute Gasteiger partial charge is 0.496 e. The molecule has 3 aromatic rings. The number of furan rings is 1. The van der Waals surface area contributed by atoms with Crippen molar-refractivity contribution in [3.8, 4) is 22.8 Å². The number of halogens is 2. The number of para-hydroxylation sites is 1. The van der Waals surface area contributed by atoms with Crippen LogP contribution in [0.4, 0.5) is 0 Å². The lowest BCUT2D eigenvalue weighted by molar-refractivity contribution is 0.406. The van der Waals surface area contributed by atoms with Gasteiger partial charge in [0.25, 0.3) is 0 Å². The van der Waals surface area contributed by atoms with Gasteiger partial charge in [0.1, 0.15) is 23.0 Å². The second-order valence-corrected chi connectivity index (χ2v) is 5.94. The Morgan fingerprint density at radius 2 is 1.69 bits per heavy atom. The first kappa shape index (κ1) is 20.2. The Labute approximate surface area is 164 Å². The number of benzene rings is 2. The zero-order chi connectivity index (χ0) is 17.6. The van der Waals surface area contributed by atoms with E-state index in [4.69, 9.17) is 25.5 Å². The summed E-state index contributed by atoms with van der Waals surface area (Å²) >= 11 is 6.18. The minimum absolute atomic E-state index is 0. The summed E-state index contributed by atoms with van der Waals surface area (Å²) in [5, 5.41) is 3.93. The minimum atomic E-state index is 0. The molecule has 0 fully saturated rings. The summed E-state index contributed by atoms with van der Waals surface area (Å²) in [6, 6.07) is 17.5. The second kappa shape index (κ2) is 9.53. The molecule has 4 nitrogen and oxygen atoms in total. The predicted molar refractivity (Wildman–Crippen MR) is 106 cm³/mol. The molecule has 1 heterocycles. The Bertz CT molecular complexity index is 849. The normalized spacial score (nSPS) is 10.3. The number of methoxy groups -OCH3 is 2. The molecule has 0 aliphatic heterocycles. The molecule has 0 amide bonds. The van der Waals surface area contributed by atoms with Crippen LogP contribution in [0.1, 0.15) is 11.3 Å². The van der Waals surface area contributed by atoms with Crippen LogP contribution in [0.2, 0.25) is 5.02 Å². The molecule has 138 valence electrons. The Morgan fingerprint density at radius 3 is 2.42 bits per heavy atom. The highest BCUT2D eigenvalue weighted by molar-refractivity contribution is 6.32. The smallest absolute Gasteiger partial charge is 0.137 e. The molecule has 0 bridgehead atoms. The Hall–Kier alpha value is -2.14. The first-order valence-electron chi connectivity index (χ1n) is 7.96. The van der Waals surface area contributed by atoms with Crippen molar-refractivity contribution in [3.05, 3.63) is 70.9 Å². The fourth-order valence-corrected chi connectivity index (χ4v) is 2.87. The molecule has 0 radical (unpaired) electrons. The maximum absolute atomic E-state index is 6.18. The number of rotatable bonds is 7. The summed E-state index contributed by atoms with van der Waals surface area (Å²) < 4.78 is 16.4. The van der Waals surface area contributed by atoms with Gasteiger partial charge in [0.05, 0.1) is 25.8 Å². The lowest BCUT2D eigenvalue weighted by Crippen LogP contribution is -2.12. The van der Waals surface area contributed by atoms with Gasteiger partial charge in [-0.05, 0) is 36.4 Å². The SMILES string of the molecule is COc1ccc(-c2ccc(CNCc3ccccc3OC)o2)cc1Cl.Cl. The van der Waals surface area contributed by atoms with Crippen LogP contribution < -0.4 is 14.8 Å². The lowest BCUT2D eigenvalue weighted by atomic mass is 10.2. The molecule has 0 unspecified atom stereocenters. The summed E-state index contributed by atoms with van der Waals surface area (Å²) in [5.74, 6) is 3.16. The highest BCUT2D eigenvalue weighted by Gasteiger charge is 2.08. The summed E-state index contributed by atoms with van der Waals surface area (Å²) in [6.45, 7) is 1.33. The Morgan fingerprint density at radius 1 is 0.923 bits per heavy atom. The molecule has 0 atom stereocenters. The third-order valence-corrected chi connectivity index (χ3v) is 4.20. The quantitative estimate of drug-likeness (QED) is 0.588. The monoisotopic (exact) mass is 393 g/mol. The molecule has 0 aliphatic carbocycles. The molecule has 0 saturated heterocycles. The van der Waals surface area contributed by atoms with E-state index in [0.717, 1.165) is 28.4 Å². The predicted octanol–water partition coefficient (Wildman–Crippen LogP) is 5.33. The summed E-state index contributed by atoms with van der Waals surface area (Å²) in [5.41, 5.74) is 2.03. The number of hydrogen-bond acceptors (Lipinski definition) is 4. The van der Waals surface area contributed by atoms with Crippen LogP contribution in [-0.2, 0) is 13.1 Å². The van der Waals surface area contributed by atoms with Crippen molar-refractivity contribution >= 4 is 24.0 Å². The topological polar surface area (TPSA) is 43.6 Å². The molecule has 0 spiro atoms. The van der Waals surface area contributed by atoms with Gasteiger partial charge in [-0.15, -0.1) is 12.4 Å². The van der Waals surface area contributed by atoms with E-state index in [-0.39, 0.29) is 12.4 Å². The van der Waals surface area contributed by atoms with Gasteiger partial charge in [-0.1, -0.05) is 29.8 Å².